The van der Waals surface area contributed by atoms with Gasteiger partial charge in [-0.15, -0.1) is 0 Å². The topological polar surface area (TPSA) is 67.2 Å². The van der Waals surface area contributed by atoms with E-state index in [1.807, 2.05) is 25.2 Å². The average Bonchev–Trinajstić information content (AvgIpc) is 2.72. The molecule has 2 aromatic rings. The lowest BCUT2D eigenvalue weighted by Crippen LogP contribution is -2.49. The molecule has 3 amide bonds. The van der Waals surface area contributed by atoms with Crippen molar-refractivity contribution in [3.63, 3.8) is 0 Å². The summed E-state index contributed by atoms with van der Waals surface area (Å²) < 4.78 is 1.76. The molecule has 0 spiro atoms. The Morgan fingerprint density at radius 1 is 1.33 bits per heavy atom. The minimum absolute atomic E-state index is 0.227. The van der Waals surface area contributed by atoms with Crippen LogP contribution in [0.3, 0.4) is 0 Å². The zero-order valence-electron chi connectivity index (χ0n) is 9.88. The quantitative estimate of drug-likeness (QED) is 0.814. The lowest BCUT2D eigenvalue weighted by Gasteiger charge is -2.26. The van der Waals surface area contributed by atoms with Crippen LogP contribution in [0.4, 0.5) is 10.5 Å². The van der Waals surface area contributed by atoms with Gasteiger partial charge >= 0.3 is 6.03 Å². The third-order valence-electron chi connectivity index (χ3n) is 3.11. The van der Waals surface area contributed by atoms with Crippen LogP contribution in [0.25, 0.3) is 10.9 Å². The Morgan fingerprint density at radius 2 is 2.17 bits per heavy atom. The van der Waals surface area contributed by atoms with E-state index in [9.17, 15) is 9.59 Å². The number of nitrogens with one attached hydrogen (secondary N) is 1. The van der Waals surface area contributed by atoms with E-state index in [0.717, 1.165) is 16.6 Å². The van der Waals surface area contributed by atoms with Crippen LogP contribution in [-0.4, -0.2) is 28.3 Å². The number of hydrogen-bond donors (Lipinski definition) is 1. The van der Waals surface area contributed by atoms with Crippen molar-refractivity contribution < 1.29 is 9.59 Å². The van der Waals surface area contributed by atoms with E-state index in [0.29, 0.717) is 13.0 Å². The van der Waals surface area contributed by atoms with Crippen molar-refractivity contribution in [3.05, 3.63) is 24.4 Å². The maximum Gasteiger partial charge on any atom is 0.328 e. The summed E-state index contributed by atoms with van der Waals surface area (Å²) in [5.41, 5.74) is 1.74. The molecule has 0 atom stereocenters. The molecule has 0 bridgehead atoms. The van der Waals surface area contributed by atoms with E-state index >= 15 is 0 Å². The van der Waals surface area contributed by atoms with Gasteiger partial charge in [-0.25, -0.2) is 4.79 Å². The second-order valence-corrected chi connectivity index (χ2v) is 4.23. The summed E-state index contributed by atoms with van der Waals surface area (Å²) in [6, 6.07) is 5.31. The first-order chi connectivity index (χ1) is 8.66. The molecule has 6 nitrogen and oxygen atoms in total. The lowest BCUT2D eigenvalue weighted by molar-refractivity contribution is -0.120. The Morgan fingerprint density at radius 3 is 2.94 bits per heavy atom. The van der Waals surface area contributed by atoms with Crippen molar-refractivity contribution in [2.75, 3.05) is 11.4 Å². The standard InChI is InChI=1S/C12H12N4O2/c1-15-9-3-2-4-10(8(9)7-13-15)16-6-5-11(17)14-12(16)18/h2-4,7H,5-6H2,1H3,(H,14,17,18). The van der Waals surface area contributed by atoms with Crippen LogP contribution in [0.2, 0.25) is 0 Å². The molecule has 1 aromatic heterocycles. The molecule has 1 aliphatic heterocycles. The number of amides is 3. The maximum atomic E-state index is 11.8. The van der Waals surface area contributed by atoms with Gasteiger partial charge in [0.15, 0.2) is 0 Å². The molecule has 0 unspecified atom stereocenters. The largest absolute Gasteiger partial charge is 0.328 e. The summed E-state index contributed by atoms with van der Waals surface area (Å²) in [7, 11) is 1.85. The Kier molecular flexibility index (Phi) is 2.29. The van der Waals surface area contributed by atoms with Crippen LogP contribution >= 0.6 is 0 Å². The molecule has 2 heterocycles. The van der Waals surface area contributed by atoms with Gasteiger partial charge in [0.2, 0.25) is 5.91 Å². The number of nitrogens with zero attached hydrogens (tertiary/aromatic N) is 3. The Balaban J connectivity index is 2.09. The molecule has 0 radical (unpaired) electrons. The number of anilines is 1. The number of benzene rings is 1. The zero-order chi connectivity index (χ0) is 12.7. The van der Waals surface area contributed by atoms with E-state index in [4.69, 9.17) is 0 Å². The van der Waals surface area contributed by atoms with E-state index in [1.54, 1.807) is 15.8 Å². The highest BCUT2D eigenvalue weighted by Gasteiger charge is 2.25. The molecule has 1 saturated heterocycles. The fourth-order valence-electron chi connectivity index (χ4n) is 2.19. The zero-order valence-corrected chi connectivity index (χ0v) is 9.88. The highest BCUT2D eigenvalue weighted by Crippen LogP contribution is 2.27. The minimum atomic E-state index is -0.373. The van der Waals surface area contributed by atoms with Crippen molar-refractivity contribution >= 4 is 28.5 Å². The molecular formula is C12H12N4O2. The molecule has 1 fully saturated rings. The van der Waals surface area contributed by atoms with Gasteiger partial charge in [0.1, 0.15) is 0 Å². The molecule has 1 N–H and O–H groups in total. The second kappa shape index (κ2) is 3.83. The normalized spacial score (nSPS) is 16.2. The summed E-state index contributed by atoms with van der Waals surface area (Å²) in [6.07, 6.45) is 2.05. The van der Waals surface area contributed by atoms with Gasteiger partial charge in [-0.3, -0.25) is 19.7 Å². The van der Waals surface area contributed by atoms with Crippen molar-refractivity contribution in [1.82, 2.24) is 15.1 Å². The fourth-order valence-corrected chi connectivity index (χ4v) is 2.19. The first kappa shape index (κ1) is 10.8. The second-order valence-electron chi connectivity index (χ2n) is 4.23. The first-order valence-corrected chi connectivity index (χ1v) is 5.69. The first-order valence-electron chi connectivity index (χ1n) is 5.69. The summed E-state index contributed by atoms with van der Waals surface area (Å²) in [5, 5.41) is 7.41. The van der Waals surface area contributed by atoms with Crippen LogP contribution < -0.4 is 10.2 Å². The molecule has 1 aliphatic rings. The molecular weight excluding hydrogens is 232 g/mol. The molecule has 0 saturated carbocycles. The minimum Gasteiger partial charge on any atom is -0.293 e. The third kappa shape index (κ3) is 1.54. The summed E-state index contributed by atoms with van der Waals surface area (Å²) in [6.45, 7) is 0.401. The van der Waals surface area contributed by atoms with Crippen molar-refractivity contribution in [2.24, 2.45) is 7.05 Å². The van der Waals surface area contributed by atoms with Crippen molar-refractivity contribution in [1.29, 1.82) is 0 Å². The van der Waals surface area contributed by atoms with E-state index in [1.165, 1.54) is 0 Å². The highest BCUT2D eigenvalue weighted by atomic mass is 16.2. The summed E-state index contributed by atoms with van der Waals surface area (Å²) in [5.74, 6) is -0.227. The number of urea groups is 1. The maximum absolute atomic E-state index is 11.8. The number of imide groups is 1. The number of aromatic nitrogens is 2. The monoisotopic (exact) mass is 244 g/mol. The van der Waals surface area contributed by atoms with Crippen molar-refractivity contribution in [3.8, 4) is 0 Å². The van der Waals surface area contributed by atoms with E-state index < -0.39 is 0 Å². The molecule has 0 aliphatic carbocycles. The number of fused-ring (bicyclic) bond motifs is 1. The van der Waals surface area contributed by atoms with Crippen LogP contribution in [-0.2, 0) is 11.8 Å². The molecule has 3 rings (SSSR count). The summed E-state index contributed by atoms with van der Waals surface area (Å²) >= 11 is 0. The Labute approximate surface area is 103 Å². The number of hydrogen-bond acceptors (Lipinski definition) is 3. The van der Waals surface area contributed by atoms with Gasteiger partial charge in [-0.1, -0.05) is 6.07 Å². The number of carbonyl (C=O) groups is 2. The van der Waals surface area contributed by atoms with Crippen LogP contribution in [0.1, 0.15) is 6.42 Å². The molecule has 18 heavy (non-hydrogen) atoms. The highest BCUT2D eigenvalue weighted by molar-refractivity contribution is 6.09. The summed E-state index contributed by atoms with van der Waals surface area (Å²) in [4.78, 5) is 24.5. The van der Waals surface area contributed by atoms with Gasteiger partial charge in [-0.05, 0) is 12.1 Å². The predicted octanol–water partition coefficient (Wildman–Crippen LogP) is 1.02. The van der Waals surface area contributed by atoms with Gasteiger partial charge in [0, 0.05) is 25.4 Å². The third-order valence-corrected chi connectivity index (χ3v) is 3.11. The number of aryl methyl sites for hydroxylation is 1. The lowest BCUT2D eigenvalue weighted by atomic mass is 10.2. The molecule has 92 valence electrons. The van der Waals surface area contributed by atoms with Crippen LogP contribution in [0, 0.1) is 0 Å². The fraction of sp³-hybridized carbons (Fsp3) is 0.250. The van der Waals surface area contributed by atoms with Gasteiger partial charge < -0.3 is 0 Å². The van der Waals surface area contributed by atoms with E-state index in [2.05, 4.69) is 10.4 Å². The average molecular weight is 244 g/mol. The molecule has 1 aromatic carbocycles. The molecule has 6 heteroatoms. The van der Waals surface area contributed by atoms with Crippen LogP contribution in [0.15, 0.2) is 24.4 Å². The predicted molar refractivity (Wildman–Crippen MR) is 66.2 cm³/mol. The Bertz CT molecular complexity index is 647. The van der Waals surface area contributed by atoms with Gasteiger partial charge in [0.25, 0.3) is 0 Å². The smallest absolute Gasteiger partial charge is 0.293 e. The van der Waals surface area contributed by atoms with E-state index in [-0.39, 0.29) is 11.9 Å². The number of rotatable bonds is 1. The SMILES string of the molecule is Cn1ncc2c(N3CCC(=O)NC3=O)cccc21. The van der Waals surface area contributed by atoms with Crippen molar-refractivity contribution in [2.45, 2.75) is 6.42 Å². The Hall–Kier alpha value is -2.37. The van der Waals surface area contributed by atoms with Crippen LogP contribution in [0.5, 0.6) is 0 Å². The van der Waals surface area contributed by atoms with Gasteiger partial charge in [-0.2, -0.15) is 5.10 Å². The van der Waals surface area contributed by atoms with Gasteiger partial charge in [0.05, 0.1) is 17.4 Å². The number of carbonyl (C=O) groups excluding carboxylic acids is 2.